The van der Waals surface area contributed by atoms with Crippen molar-refractivity contribution in [2.24, 2.45) is 0 Å². The zero-order valence-electron chi connectivity index (χ0n) is 13.5. The van der Waals surface area contributed by atoms with Crippen molar-refractivity contribution in [3.8, 4) is 5.75 Å². The van der Waals surface area contributed by atoms with Gasteiger partial charge in [0.25, 0.3) is 5.91 Å². The average molecular weight is 317 g/mol. The van der Waals surface area contributed by atoms with Crippen LogP contribution < -0.4 is 4.74 Å². The minimum absolute atomic E-state index is 0.109. The summed E-state index contributed by atoms with van der Waals surface area (Å²) in [4.78, 5) is 25.0. The Morgan fingerprint density at radius 1 is 1.26 bits per heavy atom. The van der Waals surface area contributed by atoms with E-state index in [1.54, 1.807) is 33.2 Å². The fraction of sp³-hybridized carbons (Fsp3) is 0.294. The molecule has 23 heavy (non-hydrogen) atoms. The van der Waals surface area contributed by atoms with Crippen LogP contribution in [0.15, 0.2) is 28.7 Å². The van der Waals surface area contributed by atoms with Crippen LogP contribution in [0.3, 0.4) is 0 Å². The summed E-state index contributed by atoms with van der Waals surface area (Å²) in [6, 6.07) is 6.67. The Bertz CT molecular complexity index is 747. The maximum absolute atomic E-state index is 12.5. The number of rotatable bonds is 5. The molecule has 1 aromatic carbocycles. The van der Waals surface area contributed by atoms with E-state index in [4.69, 9.17) is 14.3 Å². The van der Waals surface area contributed by atoms with Crippen molar-refractivity contribution in [3.63, 3.8) is 0 Å². The number of hydrogen-bond donors (Lipinski definition) is 1. The molecule has 1 amide bonds. The number of benzene rings is 1. The van der Waals surface area contributed by atoms with Crippen LogP contribution in [0.4, 0.5) is 0 Å². The molecule has 0 aliphatic rings. The molecule has 0 radical (unpaired) electrons. The van der Waals surface area contributed by atoms with Gasteiger partial charge in [0.15, 0.2) is 0 Å². The maximum atomic E-state index is 12.5. The van der Waals surface area contributed by atoms with Gasteiger partial charge in [-0.1, -0.05) is 6.07 Å². The van der Waals surface area contributed by atoms with E-state index in [-0.39, 0.29) is 18.0 Å². The number of carbonyl (C=O) groups is 2. The first-order valence-electron chi connectivity index (χ1n) is 7.06. The van der Waals surface area contributed by atoms with Gasteiger partial charge in [-0.25, -0.2) is 4.79 Å². The van der Waals surface area contributed by atoms with Crippen molar-refractivity contribution in [1.29, 1.82) is 0 Å². The minimum Gasteiger partial charge on any atom is -0.496 e. The first-order valence-corrected chi connectivity index (χ1v) is 7.06. The second kappa shape index (κ2) is 6.56. The van der Waals surface area contributed by atoms with Crippen LogP contribution in [0, 0.1) is 13.8 Å². The number of aromatic carboxylic acids is 1. The first-order chi connectivity index (χ1) is 10.8. The molecule has 0 bridgehead atoms. The third-order valence-corrected chi connectivity index (χ3v) is 3.59. The molecule has 0 saturated heterocycles. The Hall–Kier alpha value is -2.76. The lowest BCUT2D eigenvalue weighted by Crippen LogP contribution is -2.26. The number of carbonyl (C=O) groups excluding carboxylic acids is 1. The van der Waals surface area contributed by atoms with E-state index in [2.05, 4.69) is 0 Å². The van der Waals surface area contributed by atoms with Gasteiger partial charge in [-0.3, -0.25) is 4.79 Å². The molecule has 0 unspecified atom stereocenters. The van der Waals surface area contributed by atoms with E-state index in [0.29, 0.717) is 22.8 Å². The first kappa shape index (κ1) is 16.6. The number of furan rings is 1. The Morgan fingerprint density at radius 3 is 2.52 bits per heavy atom. The lowest BCUT2D eigenvalue weighted by molar-refractivity contribution is 0.0694. The lowest BCUT2D eigenvalue weighted by atomic mass is 10.1. The zero-order valence-corrected chi connectivity index (χ0v) is 13.5. The molecule has 1 aromatic heterocycles. The number of nitrogens with zero attached hydrogens (tertiary/aromatic N) is 1. The SMILES string of the molecule is COc1cc(C(=O)N(C)Cc2cc(C(=O)O)c(C)o2)ccc1C. The van der Waals surface area contributed by atoms with Crippen molar-refractivity contribution < 1.29 is 23.8 Å². The highest BCUT2D eigenvalue weighted by atomic mass is 16.5. The van der Waals surface area contributed by atoms with Gasteiger partial charge in [0.1, 0.15) is 22.8 Å². The average Bonchev–Trinajstić information content (AvgIpc) is 2.87. The molecule has 2 rings (SSSR count). The summed E-state index contributed by atoms with van der Waals surface area (Å²) >= 11 is 0. The van der Waals surface area contributed by atoms with Gasteiger partial charge in [0, 0.05) is 12.6 Å². The van der Waals surface area contributed by atoms with Gasteiger partial charge in [-0.15, -0.1) is 0 Å². The highest BCUT2D eigenvalue weighted by molar-refractivity contribution is 5.94. The number of ether oxygens (including phenoxy) is 1. The maximum Gasteiger partial charge on any atom is 0.339 e. The van der Waals surface area contributed by atoms with E-state index in [1.807, 2.05) is 13.0 Å². The molecule has 2 aromatic rings. The summed E-state index contributed by atoms with van der Waals surface area (Å²) in [5.41, 5.74) is 1.55. The Labute approximate surface area is 134 Å². The van der Waals surface area contributed by atoms with Gasteiger partial charge in [0.05, 0.1) is 13.7 Å². The number of aryl methyl sites for hydroxylation is 2. The molecule has 0 spiro atoms. The van der Waals surface area contributed by atoms with Crippen LogP contribution in [-0.2, 0) is 6.54 Å². The molecule has 122 valence electrons. The molecule has 1 heterocycles. The van der Waals surface area contributed by atoms with Crippen molar-refractivity contribution in [2.45, 2.75) is 20.4 Å². The van der Waals surface area contributed by atoms with Gasteiger partial charge in [-0.2, -0.15) is 0 Å². The minimum atomic E-state index is -1.05. The summed E-state index contributed by atoms with van der Waals surface area (Å²) in [6.07, 6.45) is 0. The van der Waals surface area contributed by atoms with E-state index in [0.717, 1.165) is 5.56 Å². The molecule has 6 nitrogen and oxygen atoms in total. The highest BCUT2D eigenvalue weighted by Crippen LogP contribution is 2.21. The molecule has 0 saturated carbocycles. The van der Waals surface area contributed by atoms with Gasteiger partial charge in [0.2, 0.25) is 0 Å². The van der Waals surface area contributed by atoms with Gasteiger partial charge >= 0.3 is 5.97 Å². The van der Waals surface area contributed by atoms with Crippen LogP contribution in [-0.4, -0.2) is 36.0 Å². The van der Waals surface area contributed by atoms with Crippen molar-refractivity contribution in [3.05, 3.63) is 52.5 Å². The van der Waals surface area contributed by atoms with E-state index in [1.165, 1.54) is 11.0 Å². The Kier molecular flexibility index (Phi) is 4.74. The Morgan fingerprint density at radius 2 is 1.96 bits per heavy atom. The topological polar surface area (TPSA) is 80.0 Å². The second-order valence-electron chi connectivity index (χ2n) is 5.33. The number of carboxylic acids is 1. The molecule has 0 fully saturated rings. The normalized spacial score (nSPS) is 10.4. The van der Waals surface area contributed by atoms with Crippen molar-refractivity contribution in [2.75, 3.05) is 14.2 Å². The third-order valence-electron chi connectivity index (χ3n) is 3.59. The predicted octanol–water partition coefficient (Wildman–Crippen LogP) is 2.88. The van der Waals surface area contributed by atoms with Crippen molar-refractivity contribution in [1.82, 2.24) is 4.90 Å². The molecule has 6 heteroatoms. The van der Waals surface area contributed by atoms with Crippen LogP contribution in [0.25, 0.3) is 0 Å². The summed E-state index contributed by atoms with van der Waals surface area (Å²) in [7, 11) is 3.19. The summed E-state index contributed by atoms with van der Waals surface area (Å²) in [6.45, 7) is 3.67. The molecule has 1 N–H and O–H groups in total. The quantitative estimate of drug-likeness (QED) is 0.917. The fourth-order valence-electron chi connectivity index (χ4n) is 2.31. The largest absolute Gasteiger partial charge is 0.496 e. The summed E-state index contributed by atoms with van der Waals surface area (Å²) < 4.78 is 10.6. The lowest BCUT2D eigenvalue weighted by Gasteiger charge is -2.16. The standard InChI is InChI=1S/C17H19NO5/c1-10-5-6-12(7-15(10)22-4)16(19)18(3)9-13-8-14(17(20)21)11(2)23-13/h5-8H,9H2,1-4H3,(H,20,21). The zero-order chi connectivity index (χ0) is 17.1. The summed E-state index contributed by atoms with van der Waals surface area (Å²) in [5, 5.41) is 9.03. The predicted molar refractivity (Wildman–Crippen MR) is 83.9 cm³/mol. The van der Waals surface area contributed by atoms with Gasteiger partial charge < -0.3 is 19.2 Å². The molecular weight excluding hydrogens is 298 g/mol. The van der Waals surface area contributed by atoms with E-state index in [9.17, 15) is 9.59 Å². The van der Waals surface area contributed by atoms with Crippen LogP contribution in [0.2, 0.25) is 0 Å². The third kappa shape index (κ3) is 3.53. The number of methoxy groups -OCH3 is 1. The monoisotopic (exact) mass is 317 g/mol. The van der Waals surface area contributed by atoms with Gasteiger partial charge in [-0.05, 0) is 37.6 Å². The smallest absolute Gasteiger partial charge is 0.339 e. The second-order valence-corrected chi connectivity index (χ2v) is 5.33. The van der Waals surface area contributed by atoms with E-state index < -0.39 is 5.97 Å². The number of carboxylic acid groups (broad SMARTS) is 1. The number of hydrogen-bond acceptors (Lipinski definition) is 4. The molecule has 0 aliphatic heterocycles. The Balaban J connectivity index is 2.17. The molecule has 0 aliphatic carbocycles. The van der Waals surface area contributed by atoms with E-state index >= 15 is 0 Å². The van der Waals surface area contributed by atoms with Crippen molar-refractivity contribution >= 4 is 11.9 Å². The van der Waals surface area contributed by atoms with Crippen LogP contribution in [0.5, 0.6) is 5.75 Å². The molecular formula is C17H19NO5. The number of amides is 1. The fourth-order valence-corrected chi connectivity index (χ4v) is 2.31. The van der Waals surface area contributed by atoms with Crippen LogP contribution >= 0.6 is 0 Å². The molecule has 0 atom stereocenters. The van der Waals surface area contributed by atoms with Crippen LogP contribution in [0.1, 0.15) is 37.8 Å². The highest BCUT2D eigenvalue weighted by Gasteiger charge is 2.18. The summed E-state index contributed by atoms with van der Waals surface area (Å²) in [5.74, 6) is 0.149.